The summed E-state index contributed by atoms with van der Waals surface area (Å²) >= 11 is 2.50. The minimum Gasteiger partial charge on any atom is -0.503 e. The van der Waals surface area contributed by atoms with Crippen molar-refractivity contribution < 1.29 is 24.2 Å². The Balaban J connectivity index is 1.71. The van der Waals surface area contributed by atoms with Crippen LogP contribution < -0.4 is 14.4 Å². The van der Waals surface area contributed by atoms with E-state index in [-0.39, 0.29) is 5.57 Å². The van der Waals surface area contributed by atoms with Crippen molar-refractivity contribution in [2.45, 2.75) is 19.9 Å². The van der Waals surface area contributed by atoms with Gasteiger partial charge in [0.25, 0.3) is 5.91 Å². The zero-order valence-electron chi connectivity index (χ0n) is 19.4. The van der Waals surface area contributed by atoms with Crippen molar-refractivity contribution in [1.82, 2.24) is 9.97 Å². The van der Waals surface area contributed by atoms with Gasteiger partial charge in [0.15, 0.2) is 10.9 Å². The number of hydrogen-bond acceptors (Lipinski definition) is 9. The van der Waals surface area contributed by atoms with Crippen LogP contribution >= 0.6 is 22.7 Å². The van der Waals surface area contributed by atoms with Crippen molar-refractivity contribution >= 4 is 49.7 Å². The van der Waals surface area contributed by atoms with Crippen LogP contribution in [0.4, 0.5) is 5.13 Å². The maximum Gasteiger partial charge on any atom is 0.296 e. The lowest BCUT2D eigenvalue weighted by Gasteiger charge is -2.25. The number of hydrogen-bond donors (Lipinski definition) is 1. The second-order valence-electron chi connectivity index (χ2n) is 7.89. The molecular formula is C25H21N3O5S2. The maximum atomic E-state index is 13.8. The van der Waals surface area contributed by atoms with E-state index in [9.17, 15) is 14.7 Å². The lowest BCUT2D eigenvalue weighted by Crippen LogP contribution is -2.31. The number of anilines is 1. The number of thiazole rings is 2. The molecule has 2 aromatic heterocycles. The van der Waals surface area contributed by atoms with Crippen molar-refractivity contribution in [3.05, 3.63) is 74.9 Å². The summed E-state index contributed by atoms with van der Waals surface area (Å²) in [5.41, 5.74) is 1.76. The quantitative estimate of drug-likeness (QED) is 0.359. The Bertz CT molecular complexity index is 1520. The highest BCUT2D eigenvalue weighted by Crippen LogP contribution is 2.47. The Labute approximate surface area is 209 Å². The number of rotatable bonds is 6. The molecule has 0 saturated carbocycles. The van der Waals surface area contributed by atoms with E-state index in [1.54, 1.807) is 50.4 Å². The number of ether oxygens (including phenoxy) is 2. The van der Waals surface area contributed by atoms with Crippen molar-refractivity contribution in [2.24, 2.45) is 0 Å². The van der Waals surface area contributed by atoms with Gasteiger partial charge in [-0.05, 0) is 38.1 Å². The Morgan fingerprint density at radius 1 is 1.06 bits per heavy atom. The van der Waals surface area contributed by atoms with Crippen LogP contribution in [-0.2, 0) is 4.79 Å². The van der Waals surface area contributed by atoms with Gasteiger partial charge in [0.05, 0.1) is 45.6 Å². The molecule has 4 aromatic rings. The third-order valence-electron chi connectivity index (χ3n) is 5.79. The molecule has 5 rings (SSSR count). The highest BCUT2D eigenvalue weighted by atomic mass is 32.1. The fourth-order valence-electron chi connectivity index (χ4n) is 4.21. The van der Waals surface area contributed by atoms with Crippen LogP contribution in [0.5, 0.6) is 11.5 Å². The summed E-state index contributed by atoms with van der Waals surface area (Å²) in [7, 11) is 3.10. The number of ketones is 1. The number of aryl methyl sites for hydroxylation is 2. The number of para-hydroxylation sites is 1. The van der Waals surface area contributed by atoms with Crippen molar-refractivity contribution in [1.29, 1.82) is 0 Å². The minimum absolute atomic E-state index is 0.0249. The monoisotopic (exact) mass is 507 g/mol. The molecular weight excluding hydrogens is 486 g/mol. The topological polar surface area (TPSA) is 102 Å². The highest BCUT2D eigenvalue weighted by molar-refractivity contribution is 7.22. The average Bonchev–Trinajstić information content (AvgIpc) is 3.51. The summed E-state index contributed by atoms with van der Waals surface area (Å²) in [6.07, 6.45) is 0. The molecule has 0 bridgehead atoms. The van der Waals surface area contributed by atoms with Gasteiger partial charge in [-0.1, -0.05) is 29.5 Å². The van der Waals surface area contributed by atoms with E-state index in [0.717, 1.165) is 9.71 Å². The largest absolute Gasteiger partial charge is 0.503 e. The molecule has 10 heteroatoms. The first-order valence-corrected chi connectivity index (χ1v) is 12.3. The number of amides is 1. The van der Waals surface area contributed by atoms with Crippen LogP contribution in [0.2, 0.25) is 0 Å². The van der Waals surface area contributed by atoms with E-state index in [1.807, 2.05) is 13.0 Å². The van der Waals surface area contributed by atoms with Gasteiger partial charge in [0, 0.05) is 5.56 Å². The molecule has 0 saturated heterocycles. The average molecular weight is 508 g/mol. The number of nitrogens with zero attached hydrogens (tertiary/aromatic N) is 3. The predicted octanol–water partition coefficient (Wildman–Crippen LogP) is 5.17. The second-order valence-corrected chi connectivity index (χ2v) is 10.1. The van der Waals surface area contributed by atoms with E-state index in [1.165, 1.54) is 34.7 Å². The van der Waals surface area contributed by atoms with Crippen LogP contribution in [0.3, 0.4) is 0 Å². The fourth-order valence-corrected chi connectivity index (χ4v) is 6.10. The second kappa shape index (κ2) is 8.79. The van der Waals surface area contributed by atoms with Crippen LogP contribution in [0.25, 0.3) is 10.2 Å². The highest BCUT2D eigenvalue weighted by Gasteiger charge is 2.47. The molecule has 1 aliphatic rings. The van der Waals surface area contributed by atoms with Crippen LogP contribution in [0, 0.1) is 13.8 Å². The van der Waals surface area contributed by atoms with E-state index in [4.69, 9.17) is 9.47 Å². The van der Waals surface area contributed by atoms with Crippen molar-refractivity contribution in [3.63, 3.8) is 0 Å². The molecule has 0 fully saturated rings. The van der Waals surface area contributed by atoms with Gasteiger partial charge in [-0.3, -0.25) is 14.5 Å². The molecule has 35 heavy (non-hydrogen) atoms. The van der Waals surface area contributed by atoms with Crippen LogP contribution in [-0.4, -0.2) is 41.0 Å². The summed E-state index contributed by atoms with van der Waals surface area (Å²) in [4.78, 5) is 38.0. The van der Waals surface area contributed by atoms with E-state index in [2.05, 4.69) is 9.97 Å². The first kappa shape index (κ1) is 23.0. The third-order valence-corrected chi connectivity index (χ3v) is 7.88. The lowest BCUT2D eigenvalue weighted by molar-refractivity contribution is -0.117. The summed E-state index contributed by atoms with van der Waals surface area (Å²) in [6, 6.07) is 11.6. The molecule has 178 valence electrons. The standard InChI is InChI=1S/C25H21N3O5S2/c1-12-23(34-13(2)26-12)21(29)19-20(15-7-5-6-8-17(15)33-4)28(24(31)22(19)30)25-27-16-10-9-14(32-3)11-18(16)35-25/h5-11,20,30H,1-4H3. The molecule has 3 heterocycles. The molecule has 0 radical (unpaired) electrons. The predicted molar refractivity (Wildman–Crippen MR) is 135 cm³/mol. The molecule has 1 atom stereocenters. The summed E-state index contributed by atoms with van der Waals surface area (Å²) in [5, 5.41) is 12.1. The summed E-state index contributed by atoms with van der Waals surface area (Å²) in [5.74, 6) is -0.604. The van der Waals surface area contributed by atoms with E-state index >= 15 is 0 Å². The Morgan fingerprint density at radius 2 is 1.83 bits per heavy atom. The van der Waals surface area contributed by atoms with Crippen LogP contribution in [0.15, 0.2) is 53.8 Å². The maximum absolute atomic E-state index is 13.8. The molecule has 1 amide bonds. The van der Waals surface area contributed by atoms with Gasteiger partial charge < -0.3 is 14.6 Å². The number of aliphatic hydroxyl groups excluding tert-OH is 1. The number of carbonyl (C=O) groups is 2. The van der Waals surface area contributed by atoms with Crippen LogP contribution in [0.1, 0.15) is 32.0 Å². The Morgan fingerprint density at radius 3 is 2.51 bits per heavy atom. The summed E-state index contributed by atoms with van der Waals surface area (Å²) in [6.45, 7) is 3.55. The number of aliphatic hydroxyl groups is 1. The van der Waals surface area contributed by atoms with E-state index < -0.39 is 23.5 Å². The molecule has 1 N–H and O–H groups in total. The smallest absolute Gasteiger partial charge is 0.296 e. The fraction of sp³-hybridized carbons (Fsp3) is 0.200. The van der Waals surface area contributed by atoms with Gasteiger partial charge in [-0.15, -0.1) is 11.3 Å². The SMILES string of the molecule is COc1ccc2nc(N3C(=O)C(O)=C(C(=O)c4sc(C)nc4C)C3c3ccccc3OC)sc2c1. The molecule has 1 unspecified atom stereocenters. The molecule has 0 aliphatic carbocycles. The number of fused-ring (bicyclic) bond motifs is 1. The Kier molecular flexibility index (Phi) is 5.78. The number of methoxy groups -OCH3 is 2. The number of benzene rings is 2. The Hall–Kier alpha value is -3.76. The van der Waals surface area contributed by atoms with Gasteiger partial charge in [0.1, 0.15) is 17.5 Å². The number of Topliss-reactive ketones (excluding diaryl/α,β-unsaturated/α-hetero) is 1. The summed E-state index contributed by atoms with van der Waals surface area (Å²) < 4.78 is 11.7. The zero-order valence-corrected chi connectivity index (χ0v) is 21.0. The third kappa shape index (κ3) is 3.75. The first-order chi connectivity index (χ1) is 16.8. The molecule has 0 spiro atoms. The van der Waals surface area contributed by atoms with Crippen molar-refractivity contribution in [2.75, 3.05) is 19.1 Å². The zero-order chi connectivity index (χ0) is 24.9. The van der Waals surface area contributed by atoms with Gasteiger partial charge in [-0.2, -0.15) is 0 Å². The van der Waals surface area contributed by atoms with Gasteiger partial charge >= 0.3 is 0 Å². The first-order valence-electron chi connectivity index (χ1n) is 10.7. The van der Waals surface area contributed by atoms with Crippen molar-refractivity contribution in [3.8, 4) is 11.5 Å². The number of aromatic nitrogens is 2. The minimum atomic E-state index is -0.935. The normalized spacial score (nSPS) is 15.8. The lowest BCUT2D eigenvalue weighted by atomic mass is 9.94. The number of carbonyl (C=O) groups excluding carboxylic acids is 2. The van der Waals surface area contributed by atoms with E-state index in [0.29, 0.717) is 38.3 Å². The molecule has 8 nitrogen and oxygen atoms in total. The molecule has 1 aliphatic heterocycles. The van der Waals surface area contributed by atoms with Gasteiger partial charge in [0.2, 0.25) is 5.78 Å². The molecule has 2 aromatic carbocycles. The van der Waals surface area contributed by atoms with Gasteiger partial charge in [-0.25, -0.2) is 9.97 Å².